The lowest BCUT2D eigenvalue weighted by Gasteiger charge is -2.20. The highest BCUT2D eigenvalue weighted by molar-refractivity contribution is 5.88. The average Bonchev–Trinajstić information content (AvgIpc) is 2.28. The highest BCUT2D eigenvalue weighted by atomic mass is 16.5. The van der Waals surface area contributed by atoms with Crippen LogP contribution in [0.15, 0.2) is 18.2 Å². The van der Waals surface area contributed by atoms with Gasteiger partial charge in [-0.05, 0) is 29.2 Å². The number of carboxylic acids is 1. The van der Waals surface area contributed by atoms with Crippen LogP contribution in [0.2, 0.25) is 0 Å². The molecule has 1 aromatic rings. The number of hydrogen-bond donors (Lipinski definition) is 1. The molecule has 0 radical (unpaired) electrons. The van der Waals surface area contributed by atoms with E-state index in [2.05, 4.69) is 0 Å². The molecule has 0 aliphatic heterocycles. The molecule has 0 aliphatic carbocycles. The Hall–Kier alpha value is -1.55. The zero-order valence-electron chi connectivity index (χ0n) is 11.3. The van der Waals surface area contributed by atoms with Crippen LogP contribution in [0.3, 0.4) is 0 Å². The molecule has 0 bridgehead atoms. The first-order valence-corrected chi connectivity index (χ1v) is 5.85. The van der Waals surface area contributed by atoms with E-state index in [9.17, 15) is 4.79 Å². The molecule has 0 unspecified atom stereocenters. The quantitative estimate of drug-likeness (QED) is 0.819. The summed E-state index contributed by atoms with van der Waals surface area (Å²) in [5, 5.41) is 9.09. The van der Waals surface area contributed by atoms with Crippen LogP contribution in [0.25, 0.3) is 0 Å². The Kier molecular flexibility index (Phi) is 4.73. The van der Waals surface area contributed by atoms with E-state index in [1.54, 1.807) is 13.2 Å². The molecular formula is C14H20O4. The maximum atomic E-state index is 11.1. The summed E-state index contributed by atoms with van der Waals surface area (Å²) in [5.41, 5.74) is 1.06. The molecule has 0 saturated heterocycles. The third-order valence-corrected chi connectivity index (χ3v) is 2.58. The van der Waals surface area contributed by atoms with Gasteiger partial charge in [0, 0.05) is 7.11 Å². The monoisotopic (exact) mass is 252 g/mol. The van der Waals surface area contributed by atoms with E-state index >= 15 is 0 Å². The normalized spacial score (nSPS) is 11.3. The Morgan fingerprint density at radius 3 is 2.39 bits per heavy atom. The van der Waals surface area contributed by atoms with E-state index in [0.717, 1.165) is 5.56 Å². The summed E-state index contributed by atoms with van der Waals surface area (Å²) >= 11 is 0. The zero-order valence-corrected chi connectivity index (χ0v) is 11.3. The van der Waals surface area contributed by atoms with Crippen molar-refractivity contribution >= 4 is 5.97 Å². The van der Waals surface area contributed by atoms with Crippen LogP contribution < -0.4 is 4.74 Å². The molecule has 0 spiro atoms. The van der Waals surface area contributed by atoms with Crippen molar-refractivity contribution in [3.63, 3.8) is 0 Å². The van der Waals surface area contributed by atoms with Gasteiger partial charge in [-0.15, -0.1) is 0 Å². The van der Waals surface area contributed by atoms with Crippen LogP contribution in [-0.4, -0.2) is 31.4 Å². The molecular weight excluding hydrogens is 232 g/mol. The first kappa shape index (κ1) is 14.5. The molecule has 1 aromatic carbocycles. The van der Waals surface area contributed by atoms with Gasteiger partial charge in [0.15, 0.2) is 0 Å². The standard InChI is InChI=1S/C14H20O4/c1-14(2,3)11-7-10(13(15)16)8-12(9-11)18-6-5-17-4/h7-9H,5-6H2,1-4H3,(H,15,16). The van der Waals surface area contributed by atoms with Crippen LogP contribution in [0.5, 0.6) is 5.75 Å². The van der Waals surface area contributed by atoms with Gasteiger partial charge in [0.2, 0.25) is 0 Å². The summed E-state index contributed by atoms with van der Waals surface area (Å²) < 4.78 is 10.4. The van der Waals surface area contributed by atoms with Crippen molar-refractivity contribution in [1.29, 1.82) is 0 Å². The third-order valence-electron chi connectivity index (χ3n) is 2.58. The summed E-state index contributed by atoms with van der Waals surface area (Å²) in [4.78, 5) is 11.1. The lowest BCUT2D eigenvalue weighted by Crippen LogP contribution is -2.13. The largest absolute Gasteiger partial charge is 0.491 e. The van der Waals surface area contributed by atoms with E-state index in [-0.39, 0.29) is 11.0 Å². The SMILES string of the molecule is COCCOc1cc(C(=O)O)cc(C(C)(C)C)c1. The molecule has 1 rings (SSSR count). The first-order valence-electron chi connectivity index (χ1n) is 5.85. The number of aromatic carboxylic acids is 1. The van der Waals surface area contributed by atoms with E-state index in [4.69, 9.17) is 14.6 Å². The van der Waals surface area contributed by atoms with Crippen LogP contribution in [0.1, 0.15) is 36.7 Å². The molecule has 4 heteroatoms. The number of hydrogen-bond acceptors (Lipinski definition) is 3. The van der Waals surface area contributed by atoms with E-state index < -0.39 is 5.97 Å². The van der Waals surface area contributed by atoms with Gasteiger partial charge in [0.05, 0.1) is 12.2 Å². The Labute approximate surface area is 108 Å². The maximum absolute atomic E-state index is 11.1. The van der Waals surface area contributed by atoms with Crippen molar-refractivity contribution in [3.8, 4) is 5.75 Å². The molecule has 0 aliphatic rings. The molecule has 4 nitrogen and oxygen atoms in total. The maximum Gasteiger partial charge on any atom is 0.335 e. The summed E-state index contributed by atoms with van der Waals surface area (Å²) in [6, 6.07) is 5.10. The summed E-state index contributed by atoms with van der Waals surface area (Å²) in [5.74, 6) is -0.380. The molecule has 0 heterocycles. The average molecular weight is 252 g/mol. The van der Waals surface area contributed by atoms with Crippen LogP contribution in [0, 0.1) is 0 Å². The summed E-state index contributed by atoms with van der Waals surface area (Å²) in [6.07, 6.45) is 0. The minimum atomic E-state index is -0.947. The van der Waals surface area contributed by atoms with Crippen molar-refractivity contribution in [1.82, 2.24) is 0 Å². The number of carboxylic acid groups (broad SMARTS) is 1. The Balaban J connectivity index is 3.03. The molecule has 0 atom stereocenters. The fourth-order valence-electron chi connectivity index (χ4n) is 1.48. The predicted molar refractivity (Wildman–Crippen MR) is 69.5 cm³/mol. The summed E-state index contributed by atoms with van der Waals surface area (Å²) in [6.45, 7) is 6.98. The molecule has 1 N–H and O–H groups in total. The lowest BCUT2D eigenvalue weighted by molar-refractivity contribution is 0.0696. The van der Waals surface area contributed by atoms with Crippen LogP contribution in [-0.2, 0) is 10.2 Å². The van der Waals surface area contributed by atoms with Crippen LogP contribution in [0.4, 0.5) is 0 Å². The van der Waals surface area contributed by atoms with Gasteiger partial charge in [-0.3, -0.25) is 0 Å². The highest BCUT2D eigenvalue weighted by Crippen LogP contribution is 2.27. The molecule has 18 heavy (non-hydrogen) atoms. The summed E-state index contributed by atoms with van der Waals surface area (Å²) in [7, 11) is 1.59. The lowest BCUT2D eigenvalue weighted by atomic mass is 9.86. The van der Waals surface area contributed by atoms with Gasteiger partial charge in [-0.1, -0.05) is 20.8 Å². The van der Waals surface area contributed by atoms with Crippen molar-refractivity contribution in [2.24, 2.45) is 0 Å². The third kappa shape index (κ3) is 4.04. The van der Waals surface area contributed by atoms with E-state index in [1.165, 1.54) is 6.07 Å². The fourth-order valence-corrected chi connectivity index (χ4v) is 1.48. The van der Waals surface area contributed by atoms with Crippen molar-refractivity contribution in [3.05, 3.63) is 29.3 Å². The Morgan fingerprint density at radius 2 is 1.89 bits per heavy atom. The highest BCUT2D eigenvalue weighted by Gasteiger charge is 2.17. The van der Waals surface area contributed by atoms with E-state index in [0.29, 0.717) is 19.0 Å². The van der Waals surface area contributed by atoms with Crippen molar-refractivity contribution in [2.75, 3.05) is 20.3 Å². The number of carbonyl (C=O) groups is 1. The van der Waals surface area contributed by atoms with Crippen LogP contribution >= 0.6 is 0 Å². The zero-order chi connectivity index (χ0) is 13.8. The minimum Gasteiger partial charge on any atom is -0.491 e. The van der Waals surface area contributed by atoms with Gasteiger partial charge in [0.1, 0.15) is 12.4 Å². The van der Waals surface area contributed by atoms with Gasteiger partial charge in [0.25, 0.3) is 0 Å². The molecule has 0 saturated carbocycles. The smallest absolute Gasteiger partial charge is 0.335 e. The van der Waals surface area contributed by atoms with Gasteiger partial charge in [-0.2, -0.15) is 0 Å². The van der Waals surface area contributed by atoms with Gasteiger partial charge >= 0.3 is 5.97 Å². The Morgan fingerprint density at radius 1 is 1.22 bits per heavy atom. The molecule has 0 amide bonds. The molecule has 0 fully saturated rings. The molecule has 0 aromatic heterocycles. The van der Waals surface area contributed by atoms with Gasteiger partial charge in [-0.25, -0.2) is 4.79 Å². The van der Waals surface area contributed by atoms with E-state index in [1.807, 2.05) is 26.8 Å². The van der Waals surface area contributed by atoms with Gasteiger partial charge < -0.3 is 14.6 Å². The predicted octanol–water partition coefficient (Wildman–Crippen LogP) is 2.71. The van der Waals surface area contributed by atoms with Crippen molar-refractivity contribution in [2.45, 2.75) is 26.2 Å². The number of ether oxygens (including phenoxy) is 2. The minimum absolute atomic E-state index is 0.120. The second-order valence-electron chi connectivity index (χ2n) is 5.14. The number of methoxy groups -OCH3 is 1. The fraction of sp³-hybridized carbons (Fsp3) is 0.500. The Bertz CT molecular complexity index is 418. The number of rotatable bonds is 5. The van der Waals surface area contributed by atoms with Crippen molar-refractivity contribution < 1.29 is 19.4 Å². The molecule has 100 valence electrons. The second kappa shape index (κ2) is 5.87. The topological polar surface area (TPSA) is 55.8 Å². The number of benzene rings is 1. The second-order valence-corrected chi connectivity index (χ2v) is 5.14. The first-order chi connectivity index (χ1) is 8.34.